The SMILES string of the molecule is CN(Cc1ccccn1)C(=O)[C@@H](Oc1ccccc1)C(C)(C)O. The largest absolute Gasteiger partial charge is 0.478 e. The van der Waals surface area contributed by atoms with Gasteiger partial charge in [0.05, 0.1) is 12.2 Å². The van der Waals surface area contributed by atoms with Crippen LogP contribution in [-0.2, 0) is 11.3 Å². The zero-order valence-corrected chi connectivity index (χ0v) is 13.6. The number of para-hydroxylation sites is 1. The van der Waals surface area contributed by atoms with E-state index in [9.17, 15) is 9.90 Å². The summed E-state index contributed by atoms with van der Waals surface area (Å²) in [4.78, 5) is 18.4. The Balaban J connectivity index is 2.13. The van der Waals surface area contributed by atoms with Gasteiger partial charge in [-0.25, -0.2) is 0 Å². The zero-order valence-electron chi connectivity index (χ0n) is 13.6. The van der Waals surface area contributed by atoms with Gasteiger partial charge in [0.2, 0.25) is 6.10 Å². The van der Waals surface area contributed by atoms with E-state index in [4.69, 9.17) is 4.74 Å². The highest BCUT2D eigenvalue weighted by Gasteiger charge is 2.37. The van der Waals surface area contributed by atoms with Crippen molar-refractivity contribution in [2.45, 2.75) is 32.1 Å². The standard InChI is InChI=1S/C18H22N2O3/c1-18(2,22)16(23-15-10-5-4-6-11-15)17(21)20(3)13-14-9-7-8-12-19-14/h4-12,16,22H,13H2,1-3H3/t16-/m1/s1. The summed E-state index contributed by atoms with van der Waals surface area (Å²) in [5, 5.41) is 10.3. The number of aliphatic hydroxyl groups is 1. The average molecular weight is 314 g/mol. The summed E-state index contributed by atoms with van der Waals surface area (Å²) in [7, 11) is 1.67. The van der Waals surface area contributed by atoms with Crippen molar-refractivity contribution in [1.82, 2.24) is 9.88 Å². The molecule has 1 aromatic heterocycles. The van der Waals surface area contributed by atoms with Crippen LogP contribution in [0.2, 0.25) is 0 Å². The third-order valence-corrected chi connectivity index (χ3v) is 3.36. The van der Waals surface area contributed by atoms with Crippen LogP contribution in [0.5, 0.6) is 5.75 Å². The maximum atomic E-state index is 12.7. The van der Waals surface area contributed by atoms with Gasteiger partial charge in [-0.3, -0.25) is 9.78 Å². The van der Waals surface area contributed by atoms with E-state index < -0.39 is 11.7 Å². The van der Waals surface area contributed by atoms with Crippen molar-refractivity contribution >= 4 is 5.91 Å². The fourth-order valence-corrected chi connectivity index (χ4v) is 2.14. The topological polar surface area (TPSA) is 62.7 Å². The van der Waals surface area contributed by atoms with Crippen molar-refractivity contribution in [3.8, 4) is 5.75 Å². The second-order valence-corrected chi connectivity index (χ2v) is 5.98. The Morgan fingerprint density at radius 2 is 1.87 bits per heavy atom. The summed E-state index contributed by atoms with van der Waals surface area (Å²) in [5.41, 5.74) is -0.539. The van der Waals surface area contributed by atoms with E-state index in [0.29, 0.717) is 12.3 Å². The first-order valence-electron chi connectivity index (χ1n) is 7.47. The molecule has 0 bridgehead atoms. The van der Waals surface area contributed by atoms with Gasteiger partial charge in [-0.15, -0.1) is 0 Å². The predicted molar refractivity (Wildman–Crippen MR) is 87.9 cm³/mol. The van der Waals surface area contributed by atoms with Gasteiger partial charge in [-0.05, 0) is 38.1 Å². The van der Waals surface area contributed by atoms with E-state index in [1.54, 1.807) is 39.2 Å². The lowest BCUT2D eigenvalue weighted by atomic mass is 10.0. The second kappa shape index (κ2) is 7.24. The minimum absolute atomic E-state index is 0.299. The minimum atomic E-state index is -1.31. The zero-order chi connectivity index (χ0) is 16.9. The number of hydrogen-bond donors (Lipinski definition) is 1. The Labute approximate surface area is 136 Å². The van der Waals surface area contributed by atoms with E-state index in [-0.39, 0.29) is 5.91 Å². The van der Waals surface area contributed by atoms with Gasteiger partial charge in [0.25, 0.3) is 5.91 Å². The first-order chi connectivity index (χ1) is 10.9. The lowest BCUT2D eigenvalue weighted by Gasteiger charge is -2.32. The number of aromatic nitrogens is 1. The fourth-order valence-electron chi connectivity index (χ4n) is 2.14. The summed E-state index contributed by atoms with van der Waals surface area (Å²) in [5.74, 6) is 0.242. The molecule has 1 heterocycles. The van der Waals surface area contributed by atoms with Gasteiger partial charge in [-0.2, -0.15) is 0 Å². The van der Waals surface area contributed by atoms with Gasteiger partial charge < -0.3 is 14.7 Å². The predicted octanol–water partition coefficient (Wildman–Crippen LogP) is 2.26. The summed E-state index contributed by atoms with van der Waals surface area (Å²) in [6.45, 7) is 3.48. The fraction of sp³-hybridized carbons (Fsp3) is 0.333. The molecule has 1 atom stereocenters. The smallest absolute Gasteiger partial charge is 0.266 e. The number of benzene rings is 1. The first-order valence-corrected chi connectivity index (χ1v) is 7.47. The molecule has 0 saturated carbocycles. The third kappa shape index (κ3) is 4.79. The summed E-state index contributed by atoms with van der Waals surface area (Å²) < 4.78 is 5.74. The Bertz CT molecular complexity index is 624. The number of likely N-dealkylation sites (N-methyl/N-ethyl adjacent to an activating group) is 1. The molecule has 1 N–H and O–H groups in total. The first kappa shape index (κ1) is 17.0. The summed E-state index contributed by atoms with van der Waals surface area (Å²) >= 11 is 0. The highest BCUT2D eigenvalue weighted by Crippen LogP contribution is 2.20. The third-order valence-electron chi connectivity index (χ3n) is 3.36. The van der Waals surface area contributed by atoms with Crippen molar-refractivity contribution in [1.29, 1.82) is 0 Å². The molecule has 0 spiro atoms. The number of carbonyl (C=O) groups is 1. The molecular weight excluding hydrogens is 292 g/mol. The summed E-state index contributed by atoms with van der Waals surface area (Å²) in [6, 6.07) is 14.5. The van der Waals surface area contributed by atoms with Crippen LogP contribution in [0.25, 0.3) is 0 Å². The Kier molecular flexibility index (Phi) is 5.34. The van der Waals surface area contributed by atoms with Gasteiger partial charge in [-0.1, -0.05) is 24.3 Å². The van der Waals surface area contributed by atoms with Crippen molar-refractivity contribution in [2.24, 2.45) is 0 Å². The van der Waals surface area contributed by atoms with Crippen molar-refractivity contribution < 1.29 is 14.6 Å². The molecule has 0 unspecified atom stereocenters. The van der Waals surface area contributed by atoms with E-state index in [2.05, 4.69) is 4.98 Å². The van der Waals surface area contributed by atoms with Crippen LogP contribution in [0.3, 0.4) is 0 Å². The minimum Gasteiger partial charge on any atom is -0.478 e. The molecule has 1 amide bonds. The molecule has 5 nitrogen and oxygen atoms in total. The molecule has 0 aliphatic carbocycles. The van der Waals surface area contributed by atoms with E-state index in [0.717, 1.165) is 5.69 Å². The van der Waals surface area contributed by atoms with Crippen molar-refractivity contribution in [3.05, 3.63) is 60.4 Å². The van der Waals surface area contributed by atoms with Gasteiger partial charge >= 0.3 is 0 Å². The molecular formula is C18H22N2O3. The van der Waals surface area contributed by atoms with Crippen LogP contribution in [-0.4, -0.2) is 39.7 Å². The van der Waals surface area contributed by atoms with Crippen molar-refractivity contribution in [3.63, 3.8) is 0 Å². The molecule has 0 fully saturated rings. The summed E-state index contributed by atoms with van der Waals surface area (Å²) in [6.07, 6.45) is 0.681. The number of amides is 1. The molecule has 0 saturated heterocycles. The average Bonchev–Trinajstić information content (AvgIpc) is 2.53. The van der Waals surface area contributed by atoms with Crippen LogP contribution < -0.4 is 4.74 Å². The van der Waals surface area contributed by atoms with Crippen LogP contribution in [0.4, 0.5) is 0 Å². The van der Waals surface area contributed by atoms with Gasteiger partial charge in [0.15, 0.2) is 0 Å². The number of pyridine rings is 1. The maximum Gasteiger partial charge on any atom is 0.266 e. The number of rotatable bonds is 6. The Hall–Kier alpha value is -2.40. The lowest BCUT2D eigenvalue weighted by molar-refractivity contribution is -0.149. The van der Waals surface area contributed by atoms with Crippen LogP contribution in [0.1, 0.15) is 19.5 Å². The van der Waals surface area contributed by atoms with E-state index in [1.165, 1.54) is 4.90 Å². The highest BCUT2D eigenvalue weighted by molar-refractivity contribution is 5.82. The normalized spacial score (nSPS) is 12.5. The molecule has 0 radical (unpaired) electrons. The van der Waals surface area contributed by atoms with E-state index in [1.807, 2.05) is 36.4 Å². The van der Waals surface area contributed by atoms with E-state index >= 15 is 0 Å². The van der Waals surface area contributed by atoms with Crippen molar-refractivity contribution in [2.75, 3.05) is 7.05 Å². The number of nitrogens with zero attached hydrogens (tertiary/aromatic N) is 2. The number of hydrogen-bond acceptors (Lipinski definition) is 4. The highest BCUT2D eigenvalue weighted by atomic mass is 16.5. The molecule has 0 aliphatic rings. The lowest BCUT2D eigenvalue weighted by Crippen LogP contribution is -2.51. The van der Waals surface area contributed by atoms with Crippen LogP contribution in [0, 0.1) is 0 Å². The maximum absolute atomic E-state index is 12.7. The molecule has 1 aromatic carbocycles. The Morgan fingerprint density at radius 3 is 2.43 bits per heavy atom. The number of ether oxygens (including phenoxy) is 1. The van der Waals surface area contributed by atoms with Gasteiger partial charge in [0.1, 0.15) is 11.4 Å². The molecule has 2 aromatic rings. The van der Waals surface area contributed by atoms with Crippen LogP contribution >= 0.6 is 0 Å². The molecule has 5 heteroatoms. The molecule has 122 valence electrons. The van der Waals surface area contributed by atoms with Crippen LogP contribution in [0.15, 0.2) is 54.7 Å². The monoisotopic (exact) mass is 314 g/mol. The number of carbonyl (C=O) groups excluding carboxylic acids is 1. The quantitative estimate of drug-likeness (QED) is 0.888. The van der Waals surface area contributed by atoms with Gasteiger partial charge in [0, 0.05) is 13.2 Å². The molecule has 0 aliphatic heterocycles. The molecule has 23 heavy (non-hydrogen) atoms. The molecule has 2 rings (SSSR count). The second-order valence-electron chi connectivity index (χ2n) is 5.98. The Morgan fingerprint density at radius 1 is 1.22 bits per heavy atom.